The Hall–Kier alpha value is -0.970. The topological polar surface area (TPSA) is 54.9 Å². The molecule has 0 aliphatic carbocycles. The number of aryl methyl sites for hydroxylation is 1. The Balaban J connectivity index is 2.64. The highest BCUT2D eigenvalue weighted by atomic mass is 32.1. The van der Waals surface area contributed by atoms with E-state index in [1.807, 2.05) is 13.8 Å². The molecule has 1 rings (SSSR count). The fraction of sp³-hybridized carbons (Fsp3) is 0.625. The highest BCUT2D eigenvalue weighted by molar-refractivity contribution is 7.07. The first-order chi connectivity index (χ1) is 6.15. The first kappa shape index (κ1) is 10.1. The van der Waals surface area contributed by atoms with E-state index in [-0.39, 0.29) is 11.9 Å². The molecule has 0 radical (unpaired) electrons. The van der Waals surface area contributed by atoms with Gasteiger partial charge in [0.25, 0.3) is 5.91 Å². The maximum absolute atomic E-state index is 11.5. The Labute approximate surface area is 81.5 Å². The fourth-order valence-electron chi connectivity index (χ4n) is 0.831. The van der Waals surface area contributed by atoms with Gasteiger partial charge in [0.2, 0.25) is 0 Å². The summed E-state index contributed by atoms with van der Waals surface area (Å²) in [6.45, 7) is 5.79. The standard InChI is InChI=1S/C8H13N3OS/c1-4-5(2)9-8(12)7-6(3)10-11-13-7/h5H,4H2,1-3H3,(H,9,12)/t5-/m1/s1. The molecule has 1 amide bonds. The van der Waals surface area contributed by atoms with Gasteiger partial charge in [0.05, 0.1) is 5.69 Å². The molecule has 0 saturated carbocycles. The lowest BCUT2D eigenvalue weighted by atomic mass is 10.2. The van der Waals surface area contributed by atoms with E-state index in [0.29, 0.717) is 10.6 Å². The number of hydrogen-bond donors (Lipinski definition) is 1. The van der Waals surface area contributed by atoms with Gasteiger partial charge in [-0.2, -0.15) is 0 Å². The van der Waals surface area contributed by atoms with E-state index in [1.54, 1.807) is 6.92 Å². The lowest BCUT2D eigenvalue weighted by Gasteiger charge is -2.09. The summed E-state index contributed by atoms with van der Waals surface area (Å²) in [6, 6.07) is 0.203. The summed E-state index contributed by atoms with van der Waals surface area (Å²) in [5, 5.41) is 6.64. The molecule has 0 fully saturated rings. The second-order valence-corrected chi connectivity index (χ2v) is 3.72. The van der Waals surface area contributed by atoms with Crippen LogP contribution < -0.4 is 5.32 Å². The van der Waals surface area contributed by atoms with Gasteiger partial charge >= 0.3 is 0 Å². The van der Waals surface area contributed by atoms with Crippen LogP contribution in [0.1, 0.15) is 35.6 Å². The highest BCUT2D eigenvalue weighted by Crippen LogP contribution is 2.08. The van der Waals surface area contributed by atoms with Gasteiger partial charge in [-0.05, 0) is 31.8 Å². The zero-order chi connectivity index (χ0) is 9.84. The predicted molar refractivity (Wildman–Crippen MR) is 51.9 cm³/mol. The first-order valence-electron chi connectivity index (χ1n) is 4.25. The van der Waals surface area contributed by atoms with Gasteiger partial charge in [0.1, 0.15) is 4.88 Å². The van der Waals surface area contributed by atoms with Crippen LogP contribution in [-0.2, 0) is 0 Å². The van der Waals surface area contributed by atoms with Gasteiger partial charge in [-0.1, -0.05) is 11.4 Å². The van der Waals surface area contributed by atoms with Crippen LogP contribution in [0.3, 0.4) is 0 Å². The van der Waals surface area contributed by atoms with Crippen molar-refractivity contribution in [3.8, 4) is 0 Å². The molecule has 0 saturated heterocycles. The van der Waals surface area contributed by atoms with Crippen LogP contribution in [0, 0.1) is 6.92 Å². The first-order valence-corrected chi connectivity index (χ1v) is 5.02. The van der Waals surface area contributed by atoms with E-state index in [1.165, 1.54) is 0 Å². The van der Waals surface area contributed by atoms with E-state index in [0.717, 1.165) is 18.0 Å². The fourth-order valence-corrected chi connectivity index (χ4v) is 1.39. The number of nitrogens with one attached hydrogen (secondary N) is 1. The number of carbonyl (C=O) groups excluding carboxylic acids is 1. The number of hydrogen-bond acceptors (Lipinski definition) is 4. The predicted octanol–water partition coefficient (Wildman–Crippen LogP) is 1.37. The van der Waals surface area contributed by atoms with Gasteiger partial charge in [-0.3, -0.25) is 4.79 Å². The summed E-state index contributed by atoms with van der Waals surface area (Å²) in [7, 11) is 0. The minimum atomic E-state index is -0.0677. The van der Waals surface area contributed by atoms with Crippen molar-refractivity contribution >= 4 is 17.4 Å². The highest BCUT2D eigenvalue weighted by Gasteiger charge is 2.14. The van der Waals surface area contributed by atoms with E-state index in [4.69, 9.17) is 0 Å². The van der Waals surface area contributed by atoms with Crippen LogP contribution in [0.4, 0.5) is 0 Å². The molecule has 0 aliphatic rings. The zero-order valence-corrected chi connectivity index (χ0v) is 8.81. The molecule has 72 valence electrons. The Kier molecular flexibility index (Phi) is 3.36. The van der Waals surface area contributed by atoms with E-state index in [2.05, 4.69) is 14.9 Å². The molecule has 1 atom stereocenters. The van der Waals surface area contributed by atoms with Crippen molar-refractivity contribution in [2.45, 2.75) is 33.2 Å². The summed E-state index contributed by atoms with van der Waals surface area (Å²) >= 11 is 1.14. The van der Waals surface area contributed by atoms with E-state index in [9.17, 15) is 4.79 Å². The molecule has 0 spiro atoms. The summed E-state index contributed by atoms with van der Waals surface area (Å²) in [4.78, 5) is 12.1. The van der Waals surface area contributed by atoms with Crippen molar-refractivity contribution in [1.29, 1.82) is 0 Å². The smallest absolute Gasteiger partial charge is 0.265 e. The second-order valence-electron chi connectivity index (χ2n) is 2.97. The van der Waals surface area contributed by atoms with E-state index >= 15 is 0 Å². The van der Waals surface area contributed by atoms with Crippen molar-refractivity contribution in [2.75, 3.05) is 0 Å². The number of amides is 1. The molecule has 0 unspecified atom stereocenters. The molecule has 1 heterocycles. The molecule has 4 nitrogen and oxygen atoms in total. The normalized spacial score (nSPS) is 12.5. The Morgan fingerprint density at radius 1 is 1.69 bits per heavy atom. The van der Waals surface area contributed by atoms with Crippen LogP contribution >= 0.6 is 11.5 Å². The van der Waals surface area contributed by atoms with Gasteiger partial charge in [0.15, 0.2) is 0 Å². The molecule has 13 heavy (non-hydrogen) atoms. The summed E-state index contributed by atoms with van der Waals surface area (Å²) in [5.74, 6) is -0.0677. The molecule has 1 aromatic heterocycles. The number of rotatable bonds is 3. The average Bonchev–Trinajstić information content (AvgIpc) is 2.51. The van der Waals surface area contributed by atoms with Crippen molar-refractivity contribution in [1.82, 2.24) is 14.9 Å². The molecule has 1 N–H and O–H groups in total. The summed E-state index contributed by atoms with van der Waals surface area (Å²) in [6.07, 6.45) is 0.928. The van der Waals surface area contributed by atoms with Gasteiger partial charge in [0, 0.05) is 6.04 Å². The van der Waals surface area contributed by atoms with Crippen molar-refractivity contribution in [2.24, 2.45) is 0 Å². The minimum Gasteiger partial charge on any atom is -0.349 e. The molecule has 0 aromatic carbocycles. The lowest BCUT2D eigenvalue weighted by molar-refractivity contribution is 0.0942. The van der Waals surface area contributed by atoms with Crippen molar-refractivity contribution < 1.29 is 4.79 Å². The summed E-state index contributed by atoms with van der Waals surface area (Å²) in [5.41, 5.74) is 0.700. The lowest BCUT2D eigenvalue weighted by Crippen LogP contribution is -2.31. The number of carbonyl (C=O) groups is 1. The summed E-state index contributed by atoms with van der Waals surface area (Å²) < 4.78 is 3.71. The van der Waals surface area contributed by atoms with Crippen molar-refractivity contribution in [3.63, 3.8) is 0 Å². The molecular formula is C8H13N3OS. The monoisotopic (exact) mass is 199 g/mol. The van der Waals surface area contributed by atoms with Crippen LogP contribution in [0.15, 0.2) is 0 Å². The van der Waals surface area contributed by atoms with Gasteiger partial charge in [-0.15, -0.1) is 5.10 Å². The third-order valence-electron chi connectivity index (χ3n) is 1.85. The SMILES string of the molecule is CC[C@@H](C)NC(=O)c1snnc1C. The number of nitrogens with zero attached hydrogens (tertiary/aromatic N) is 2. The second kappa shape index (κ2) is 4.32. The third kappa shape index (κ3) is 2.48. The molecule has 5 heteroatoms. The van der Waals surface area contributed by atoms with Gasteiger partial charge in [-0.25, -0.2) is 0 Å². The van der Waals surface area contributed by atoms with Crippen LogP contribution in [0.5, 0.6) is 0 Å². The van der Waals surface area contributed by atoms with Crippen LogP contribution in [0.2, 0.25) is 0 Å². The maximum Gasteiger partial charge on any atom is 0.265 e. The number of aromatic nitrogens is 2. The largest absolute Gasteiger partial charge is 0.349 e. The maximum atomic E-state index is 11.5. The minimum absolute atomic E-state index is 0.0677. The molecule has 0 aliphatic heterocycles. The van der Waals surface area contributed by atoms with E-state index < -0.39 is 0 Å². The average molecular weight is 199 g/mol. The Morgan fingerprint density at radius 3 is 2.85 bits per heavy atom. The Morgan fingerprint density at radius 2 is 2.38 bits per heavy atom. The van der Waals surface area contributed by atoms with Crippen molar-refractivity contribution in [3.05, 3.63) is 10.6 Å². The third-order valence-corrected chi connectivity index (χ3v) is 2.67. The molecular weight excluding hydrogens is 186 g/mol. The van der Waals surface area contributed by atoms with Crippen LogP contribution in [0.25, 0.3) is 0 Å². The van der Waals surface area contributed by atoms with Crippen LogP contribution in [-0.4, -0.2) is 21.5 Å². The quantitative estimate of drug-likeness (QED) is 0.800. The van der Waals surface area contributed by atoms with Gasteiger partial charge < -0.3 is 5.32 Å². The zero-order valence-electron chi connectivity index (χ0n) is 8.00. The molecule has 1 aromatic rings. The molecule has 0 bridgehead atoms. The Bertz CT molecular complexity index is 297.